The van der Waals surface area contributed by atoms with Crippen LogP contribution < -0.4 is 15.2 Å². The number of hydrogen-bond acceptors (Lipinski definition) is 5. The standard InChI is InChI=1S/C15H17N3O2/c1-10(16)8-11-6-7-17-15(18-11)14-9-19-12-4-2-3-5-13(12)20-14/h2-7,10,14H,8-9,16H2,1H3. The summed E-state index contributed by atoms with van der Waals surface area (Å²) in [5.41, 5.74) is 6.72. The van der Waals surface area contributed by atoms with Gasteiger partial charge >= 0.3 is 0 Å². The molecule has 1 aliphatic heterocycles. The minimum Gasteiger partial charge on any atom is -0.485 e. The Morgan fingerprint density at radius 1 is 1.30 bits per heavy atom. The lowest BCUT2D eigenvalue weighted by atomic mass is 10.2. The van der Waals surface area contributed by atoms with Gasteiger partial charge < -0.3 is 15.2 Å². The third-order valence-electron chi connectivity index (χ3n) is 3.06. The highest BCUT2D eigenvalue weighted by atomic mass is 16.6. The average Bonchev–Trinajstić information content (AvgIpc) is 2.46. The zero-order chi connectivity index (χ0) is 13.9. The lowest BCUT2D eigenvalue weighted by Crippen LogP contribution is -2.24. The van der Waals surface area contributed by atoms with Crippen LogP contribution in [-0.2, 0) is 6.42 Å². The molecule has 1 aromatic heterocycles. The molecule has 104 valence electrons. The molecule has 3 rings (SSSR count). The van der Waals surface area contributed by atoms with Crippen LogP contribution in [0.25, 0.3) is 0 Å². The van der Waals surface area contributed by atoms with Crippen molar-refractivity contribution < 1.29 is 9.47 Å². The van der Waals surface area contributed by atoms with Crippen LogP contribution >= 0.6 is 0 Å². The molecule has 5 nitrogen and oxygen atoms in total. The summed E-state index contributed by atoms with van der Waals surface area (Å²) in [4.78, 5) is 8.80. The average molecular weight is 271 g/mol. The van der Waals surface area contributed by atoms with Crippen LogP contribution in [0.2, 0.25) is 0 Å². The van der Waals surface area contributed by atoms with E-state index >= 15 is 0 Å². The topological polar surface area (TPSA) is 70.3 Å². The normalized spacial score (nSPS) is 18.6. The molecule has 1 aliphatic rings. The van der Waals surface area contributed by atoms with Crippen LogP contribution in [0.15, 0.2) is 36.5 Å². The molecule has 1 aromatic carbocycles. The molecular weight excluding hydrogens is 254 g/mol. The van der Waals surface area contributed by atoms with Crippen molar-refractivity contribution in [1.82, 2.24) is 9.97 Å². The molecular formula is C15H17N3O2. The number of para-hydroxylation sites is 2. The molecule has 0 saturated heterocycles. The van der Waals surface area contributed by atoms with E-state index in [0.29, 0.717) is 12.4 Å². The summed E-state index contributed by atoms with van der Waals surface area (Å²) in [6, 6.07) is 9.55. The van der Waals surface area contributed by atoms with Crippen molar-refractivity contribution in [2.45, 2.75) is 25.5 Å². The van der Waals surface area contributed by atoms with Gasteiger partial charge in [0.25, 0.3) is 0 Å². The molecule has 2 unspecified atom stereocenters. The van der Waals surface area contributed by atoms with Crippen LogP contribution in [0.4, 0.5) is 0 Å². The first-order valence-corrected chi connectivity index (χ1v) is 6.68. The number of aromatic nitrogens is 2. The van der Waals surface area contributed by atoms with Gasteiger partial charge in [-0.15, -0.1) is 0 Å². The summed E-state index contributed by atoms with van der Waals surface area (Å²) in [5.74, 6) is 2.12. The molecule has 0 radical (unpaired) electrons. The van der Waals surface area contributed by atoms with Crippen molar-refractivity contribution in [2.75, 3.05) is 6.61 Å². The maximum atomic E-state index is 5.90. The fraction of sp³-hybridized carbons (Fsp3) is 0.333. The molecule has 0 fully saturated rings. The van der Waals surface area contributed by atoms with E-state index in [4.69, 9.17) is 15.2 Å². The molecule has 0 amide bonds. The maximum Gasteiger partial charge on any atom is 0.192 e. The third-order valence-corrected chi connectivity index (χ3v) is 3.06. The molecule has 2 atom stereocenters. The molecule has 0 bridgehead atoms. The fourth-order valence-corrected chi connectivity index (χ4v) is 2.16. The molecule has 0 aliphatic carbocycles. The van der Waals surface area contributed by atoms with Crippen molar-refractivity contribution in [3.63, 3.8) is 0 Å². The van der Waals surface area contributed by atoms with E-state index in [1.54, 1.807) is 6.20 Å². The van der Waals surface area contributed by atoms with Crippen molar-refractivity contribution in [2.24, 2.45) is 5.73 Å². The number of nitrogens with zero attached hydrogens (tertiary/aromatic N) is 2. The van der Waals surface area contributed by atoms with Gasteiger partial charge in [-0.3, -0.25) is 0 Å². The Bertz CT molecular complexity index is 601. The lowest BCUT2D eigenvalue weighted by molar-refractivity contribution is 0.0848. The maximum absolute atomic E-state index is 5.90. The third kappa shape index (κ3) is 2.72. The second-order valence-electron chi connectivity index (χ2n) is 4.95. The Morgan fingerprint density at radius 3 is 2.90 bits per heavy atom. The minimum atomic E-state index is -0.280. The Hall–Kier alpha value is -2.14. The minimum absolute atomic E-state index is 0.0713. The molecule has 5 heteroatoms. The SMILES string of the molecule is CC(N)Cc1ccnc(C2COc3ccccc3O2)n1. The number of rotatable bonds is 3. The van der Waals surface area contributed by atoms with Gasteiger partial charge in [0.05, 0.1) is 0 Å². The quantitative estimate of drug-likeness (QED) is 0.923. The zero-order valence-electron chi connectivity index (χ0n) is 11.3. The summed E-state index contributed by atoms with van der Waals surface area (Å²) >= 11 is 0. The predicted octanol–water partition coefficient (Wildman–Crippen LogP) is 1.88. The molecule has 2 heterocycles. The number of hydrogen-bond donors (Lipinski definition) is 1. The predicted molar refractivity (Wildman–Crippen MR) is 74.7 cm³/mol. The monoisotopic (exact) mass is 271 g/mol. The van der Waals surface area contributed by atoms with E-state index in [-0.39, 0.29) is 12.1 Å². The second kappa shape index (κ2) is 5.46. The highest BCUT2D eigenvalue weighted by Gasteiger charge is 2.24. The first kappa shape index (κ1) is 12.9. The van der Waals surface area contributed by atoms with Gasteiger partial charge in [0.15, 0.2) is 23.4 Å². The van der Waals surface area contributed by atoms with Gasteiger partial charge in [-0.1, -0.05) is 12.1 Å². The summed E-state index contributed by atoms with van der Waals surface area (Å²) < 4.78 is 11.6. The molecule has 2 N–H and O–H groups in total. The number of fused-ring (bicyclic) bond motifs is 1. The lowest BCUT2D eigenvalue weighted by Gasteiger charge is -2.25. The van der Waals surface area contributed by atoms with Crippen LogP contribution in [0, 0.1) is 0 Å². The Labute approximate surface area is 117 Å². The van der Waals surface area contributed by atoms with Gasteiger partial charge in [-0.2, -0.15) is 0 Å². The van der Waals surface area contributed by atoms with Gasteiger partial charge in [-0.25, -0.2) is 9.97 Å². The van der Waals surface area contributed by atoms with Crippen molar-refractivity contribution in [1.29, 1.82) is 0 Å². The number of ether oxygens (including phenoxy) is 2. The van der Waals surface area contributed by atoms with Crippen LogP contribution in [0.1, 0.15) is 24.5 Å². The van der Waals surface area contributed by atoms with Crippen molar-refractivity contribution in [3.05, 3.63) is 48.0 Å². The molecule has 0 spiro atoms. The first-order valence-electron chi connectivity index (χ1n) is 6.68. The highest BCUT2D eigenvalue weighted by Crippen LogP contribution is 2.34. The summed E-state index contributed by atoms with van der Waals surface area (Å²) in [5, 5.41) is 0. The van der Waals surface area contributed by atoms with Crippen LogP contribution in [-0.4, -0.2) is 22.6 Å². The largest absolute Gasteiger partial charge is 0.485 e. The first-order chi connectivity index (χ1) is 9.72. The smallest absolute Gasteiger partial charge is 0.192 e. The van der Waals surface area contributed by atoms with Crippen molar-refractivity contribution >= 4 is 0 Å². The van der Waals surface area contributed by atoms with E-state index in [1.807, 2.05) is 37.3 Å². The van der Waals surface area contributed by atoms with Gasteiger partial charge in [-0.05, 0) is 25.1 Å². The van der Waals surface area contributed by atoms with E-state index in [2.05, 4.69) is 9.97 Å². The Balaban J connectivity index is 1.81. The molecule has 20 heavy (non-hydrogen) atoms. The molecule has 0 saturated carbocycles. The van der Waals surface area contributed by atoms with Gasteiger partial charge in [0, 0.05) is 24.4 Å². The van der Waals surface area contributed by atoms with Gasteiger partial charge in [0.1, 0.15) is 6.61 Å². The Morgan fingerprint density at radius 2 is 2.10 bits per heavy atom. The summed E-state index contributed by atoms with van der Waals surface area (Å²) in [6.07, 6.45) is 2.18. The van der Waals surface area contributed by atoms with Crippen LogP contribution in [0.5, 0.6) is 11.5 Å². The van der Waals surface area contributed by atoms with E-state index < -0.39 is 0 Å². The molecule has 2 aromatic rings. The number of nitrogens with two attached hydrogens (primary N) is 1. The highest BCUT2D eigenvalue weighted by molar-refractivity contribution is 5.41. The zero-order valence-corrected chi connectivity index (χ0v) is 11.3. The van der Waals surface area contributed by atoms with E-state index in [1.165, 1.54) is 0 Å². The second-order valence-corrected chi connectivity index (χ2v) is 4.95. The van der Waals surface area contributed by atoms with E-state index in [9.17, 15) is 0 Å². The van der Waals surface area contributed by atoms with Gasteiger partial charge in [0.2, 0.25) is 0 Å². The van der Waals surface area contributed by atoms with Crippen molar-refractivity contribution in [3.8, 4) is 11.5 Å². The number of benzene rings is 1. The Kier molecular flexibility index (Phi) is 3.52. The fourth-order valence-electron chi connectivity index (χ4n) is 2.16. The summed E-state index contributed by atoms with van der Waals surface area (Å²) in [6.45, 7) is 2.37. The summed E-state index contributed by atoms with van der Waals surface area (Å²) in [7, 11) is 0. The van der Waals surface area contributed by atoms with Crippen LogP contribution in [0.3, 0.4) is 0 Å². The van der Waals surface area contributed by atoms with E-state index in [0.717, 1.165) is 23.6 Å².